The number of para-hydroxylation sites is 1. The Balaban J connectivity index is 1.34. The molecule has 0 spiro atoms. The Morgan fingerprint density at radius 1 is 1.06 bits per heavy atom. The Labute approximate surface area is 191 Å². The molecule has 5 rings (SSSR count). The van der Waals surface area contributed by atoms with Crippen LogP contribution in [0.3, 0.4) is 0 Å². The molecule has 8 heteroatoms. The van der Waals surface area contributed by atoms with Crippen LogP contribution >= 0.6 is 0 Å². The van der Waals surface area contributed by atoms with E-state index in [0.717, 1.165) is 35.9 Å². The van der Waals surface area contributed by atoms with Crippen molar-refractivity contribution in [2.45, 2.75) is 13.5 Å². The quantitative estimate of drug-likeness (QED) is 0.490. The lowest BCUT2D eigenvalue weighted by Gasteiger charge is -2.27. The number of ether oxygens (including phenoxy) is 1. The summed E-state index contributed by atoms with van der Waals surface area (Å²) in [6.07, 6.45) is 3.53. The minimum atomic E-state index is -0.224. The first-order valence-corrected chi connectivity index (χ1v) is 10.9. The van der Waals surface area contributed by atoms with Gasteiger partial charge in [0.1, 0.15) is 17.3 Å². The topological polar surface area (TPSA) is 85.4 Å². The Morgan fingerprint density at radius 3 is 2.58 bits per heavy atom. The normalized spacial score (nSPS) is 13.8. The smallest absolute Gasteiger partial charge is 0.255 e. The first kappa shape index (κ1) is 21.0. The van der Waals surface area contributed by atoms with E-state index in [4.69, 9.17) is 9.15 Å². The number of aryl methyl sites for hydroxylation is 1. The fraction of sp³-hybridized carbons (Fsp3) is 0.240. The molecule has 8 nitrogen and oxygen atoms in total. The average molecular weight is 444 g/mol. The predicted molar refractivity (Wildman–Crippen MR) is 124 cm³/mol. The van der Waals surface area contributed by atoms with Gasteiger partial charge in [-0.15, -0.1) is 0 Å². The molecule has 0 atom stereocenters. The number of nitrogens with one attached hydrogen (secondary N) is 1. The first-order valence-electron chi connectivity index (χ1n) is 10.9. The van der Waals surface area contributed by atoms with Gasteiger partial charge in [0, 0.05) is 32.0 Å². The Hall–Kier alpha value is -3.91. The number of amides is 1. The van der Waals surface area contributed by atoms with Crippen LogP contribution in [0.4, 0.5) is 5.82 Å². The molecule has 33 heavy (non-hydrogen) atoms. The zero-order chi connectivity index (χ0) is 22.6. The van der Waals surface area contributed by atoms with Gasteiger partial charge in [0.25, 0.3) is 5.91 Å². The fourth-order valence-corrected chi connectivity index (χ4v) is 3.78. The molecule has 1 aliphatic rings. The van der Waals surface area contributed by atoms with Crippen molar-refractivity contribution >= 4 is 11.7 Å². The van der Waals surface area contributed by atoms with E-state index >= 15 is 0 Å². The van der Waals surface area contributed by atoms with Crippen molar-refractivity contribution in [1.29, 1.82) is 0 Å². The third kappa shape index (κ3) is 4.65. The molecule has 0 unspecified atom stereocenters. The molecular formula is C25H25N5O3. The van der Waals surface area contributed by atoms with Crippen LogP contribution < -0.4 is 10.2 Å². The summed E-state index contributed by atoms with van der Waals surface area (Å²) in [6, 6.07) is 17.3. The second-order valence-electron chi connectivity index (χ2n) is 7.89. The maximum absolute atomic E-state index is 13.1. The van der Waals surface area contributed by atoms with Crippen molar-refractivity contribution in [2.24, 2.45) is 0 Å². The van der Waals surface area contributed by atoms with Crippen LogP contribution in [-0.2, 0) is 11.3 Å². The van der Waals surface area contributed by atoms with Gasteiger partial charge in [-0.3, -0.25) is 4.79 Å². The van der Waals surface area contributed by atoms with Crippen molar-refractivity contribution in [2.75, 3.05) is 31.2 Å². The molecule has 168 valence electrons. The van der Waals surface area contributed by atoms with E-state index < -0.39 is 0 Å². The highest BCUT2D eigenvalue weighted by Crippen LogP contribution is 2.26. The number of rotatable bonds is 6. The van der Waals surface area contributed by atoms with Crippen LogP contribution in [-0.4, -0.2) is 47.0 Å². The van der Waals surface area contributed by atoms with Crippen molar-refractivity contribution in [3.63, 3.8) is 0 Å². The third-order valence-electron chi connectivity index (χ3n) is 5.55. The summed E-state index contributed by atoms with van der Waals surface area (Å²) in [5.41, 5.74) is 2.74. The highest BCUT2D eigenvalue weighted by molar-refractivity contribution is 5.99. The van der Waals surface area contributed by atoms with Crippen LogP contribution in [0.2, 0.25) is 0 Å². The molecule has 1 aromatic carbocycles. The van der Waals surface area contributed by atoms with Crippen LogP contribution in [0.15, 0.2) is 71.4 Å². The van der Waals surface area contributed by atoms with E-state index in [1.54, 1.807) is 17.1 Å². The number of furan rings is 1. The summed E-state index contributed by atoms with van der Waals surface area (Å²) in [7, 11) is 0. The number of pyridine rings is 1. The maximum Gasteiger partial charge on any atom is 0.255 e. The lowest BCUT2D eigenvalue weighted by atomic mass is 10.2. The molecular weight excluding hydrogens is 418 g/mol. The summed E-state index contributed by atoms with van der Waals surface area (Å²) < 4.78 is 12.9. The van der Waals surface area contributed by atoms with Gasteiger partial charge in [-0.2, -0.15) is 5.10 Å². The van der Waals surface area contributed by atoms with Crippen LogP contribution in [0.25, 0.3) is 17.1 Å². The van der Waals surface area contributed by atoms with Crippen LogP contribution in [0, 0.1) is 6.92 Å². The second-order valence-corrected chi connectivity index (χ2v) is 7.89. The standard InChI is InChI=1S/C25H25N5O3/c1-18-7-9-22(33-18)24-21(17-30(28-24)20-5-3-2-4-6-20)25(31)27-16-19-8-10-23(26-15-19)29-11-13-32-14-12-29/h2-10,15,17H,11-14,16H2,1H3,(H,27,31). The number of aromatic nitrogens is 3. The monoisotopic (exact) mass is 443 g/mol. The summed E-state index contributed by atoms with van der Waals surface area (Å²) in [5.74, 6) is 2.02. The van der Waals surface area contributed by atoms with Gasteiger partial charge >= 0.3 is 0 Å². The number of carbonyl (C=O) groups is 1. The number of nitrogens with zero attached hydrogens (tertiary/aromatic N) is 4. The average Bonchev–Trinajstić information content (AvgIpc) is 3.51. The van der Waals surface area contributed by atoms with E-state index in [0.29, 0.717) is 36.8 Å². The molecule has 0 aliphatic carbocycles. The third-order valence-corrected chi connectivity index (χ3v) is 5.55. The zero-order valence-corrected chi connectivity index (χ0v) is 18.4. The summed E-state index contributed by atoms with van der Waals surface area (Å²) in [4.78, 5) is 19.9. The zero-order valence-electron chi connectivity index (χ0n) is 18.4. The van der Waals surface area contributed by atoms with Gasteiger partial charge in [0.05, 0.1) is 24.5 Å². The molecule has 3 aromatic heterocycles. The van der Waals surface area contributed by atoms with E-state index in [2.05, 4.69) is 20.3 Å². The van der Waals surface area contributed by atoms with Gasteiger partial charge in [0.2, 0.25) is 0 Å². The molecule has 1 aliphatic heterocycles. The number of carbonyl (C=O) groups excluding carboxylic acids is 1. The number of morpholine rings is 1. The number of hydrogen-bond acceptors (Lipinski definition) is 6. The molecule has 0 bridgehead atoms. The number of benzene rings is 1. The van der Waals surface area contributed by atoms with E-state index in [9.17, 15) is 4.79 Å². The molecule has 1 N–H and O–H groups in total. The maximum atomic E-state index is 13.1. The van der Waals surface area contributed by atoms with E-state index in [-0.39, 0.29) is 5.91 Å². The minimum absolute atomic E-state index is 0.224. The molecule has 0 saturated carbocycles. The number of anilines is 1. The Kier molecular flexibility index (Phi) is 5.91. The highest BCUT2D eigenvalue weighted by Gasteiger charge is 2.21. The van der Waals surface area contributed by atoms with Gasteiger partial charge in [-0.05, 0) is 42.8 Å². The Morgan fingerprint density at radius 2 is 1.88 bits per heavy atom. The SMILES string of the molecule is Cc1ccc(-c2nn(-c3ccccc3)cc2C(=O)NCc2ccc(N3CCOCC3)nc2)o1. The van der Waals surface area contributed by atoms with Crippen molar-refractivity contribution in [1.82, 2.24) is 20.1 Å². The van der Waals surface area contributed by atoms with Gasteiger partial charge in [0.15, 0.2) is 5.76 Å². The summed E-state index contributed by atoms with van der Waals surface area (Å²) in [6.45, 7) is 5.34. The highest BCUT2D eigenvalue weighted by atomic mass is 16.5. The minimum Gasteiger partial charge on any atom is -0.460 e. The van der Waals surface area contributed by atoms with E-state index in [1.165, 1.54) is 0 Å². The molecule has 4 heterocycles. The molecule has 4 aromatic rings. The van der Waals surface area contributed by atoms with E-state index in [1.807, 2.05) is 61.5 Å². The van der Waals surface area contributed by atoms with Crippen molar-refractivity contribution < 1.29 is 13.9 Å². The van der Waals surface area contributed by atoms with Gasteiger partial charge < -0.3 is 19.4 Å². The van der Waals surface area contributed by atoms with Crippen molar-refractivity contribution in [3.8, 4) is 17.1 Å². The van der Waals surface area contributed by atoms with Crippen LogP contribution in [0.5, 0.6) is 0 Å². The first-order chi connectivity index (χ1) is 16.2. The Bertz CT molecular complexity index is 1220. The molecule has 1 saturated heterocycles. The van der Waals surface area contributed by atoms with Crippen LogP contribution in [0.1, 0.15) is 21.7 Å². The predicted octanol–water partition coefficient (Wildman–Crippen LogP) is 3.60. The molecule has 1 amide bonds. The molecule has 1 fully saturated rings. The van der Waals surface area contributed by atoms with Gasteiger partial charge in [-0.1, -0.05) is 24.3 Å². The lowest BCUT2D eigenvalue weighted by molar-refractivity contribution is 0.0951. The molecule has 0 radical (unpaired) electrons. The van der Waals surface area contributed by atoms with Gasteiger partial charge in [-0.25, -0.2) is 9.67 Å². The number of hydrogen-bond donors (Lipinski definition) is 1. The summed E-state index contributed by atoms with van der Waals surface area (Å²) in [5, 5.41) is 7.63. The fourth-order valence-electron chi connectivity index (χ4n) is 3.78. The largest absolute Gasteiger partial charge is 0.460 e. The summed E-state index contributed by atoms with van der Waals surface area (Å²) >= 11 is 0. The lowest BCUT2D eigenvalue weighted by Crippen LogP contribution is -2.36. The van der Waals surface area contributed by atoms with Crippen molar-refractivity contribution in [3.05, 3.63) is 83.9 Å². The second kappa shape index (κ2) is 9.30.